The molecular weight excluding hydrogens is 299 g/mol. The van der Waals surface area contributed by atoms with Crippen LogP contribution in [0.25, 0.3) is 16.7 Å². The number of aromatic nitrogens is 2. The van der Waals surface area contributed by atoms with Crippen molar-refractivity contribution >= 4 is 46.5 Å². The van der Waals surface area contributed by atoms with Crippen molar-refractivity contribution in [2.24, 2.45) is 0 Å². The van der Waals surface area contributed by atoms with Crippen LogP contribution in [0.1, 0.15) is 5.56 Å². The van der Waals surface area contributed by atoms with E-state index in [0.29, 0.717) is 14.8 Å². The molecule has 0 amide bonds. The van der Waals surface area contributed by atoms with Crippen LogP contribution in [0.4, 0.5) is 0 Å². The van der Waals surface area contributed by atoms with Gasteiger partial charge in [-0.25, -0.2) is 0 Å². The van der Waals surface area contributed by atoms with E-state index in [1.54, 1.807) is 6.07 Å². The summed E-state index contributed by atoms with van der Waals surface area (Å²) < 4.78 is 2.51. The zero-order valence-electron chi connectivity index (χ0n) is 10.1. The first-order chi connectivity index (χ1) is 9.09. The second-order valence-corrected chi connectivity index (χ2v) is 5.48. The Bertz CT molecular complexity index is 833. The molecule has 0 fully saturated rings. The third-order valence-corrected chi connectivity index (χ3v) is 4.19. The SMILES string of the molecule is Cc1cccc2c1[nH]c(=S)n2-c1cccc(Cl)c1Cl. The third kappa shape index (κ3) is 1.98. The summed E-state index contributed by atoms with van der Waals surface area (Å²) in [6.07, 6.45) is 0. The summed E-state index contributed by atoms with van der Waals surface area (Å²) in [5, 5.41) is 1.02. The molecule has 3 aromatic rings. The summed E-state index contributed by atoms with van der Waals surface area (Å²) in [4.78, 5) is 3.22. The number of benzene rings is 2. The summed E-state index contributed by atoms with van der Waals surface area (Å²) >= 11 is 17.8. The minimum atomic E-state index is 0.502. The molecule has 0 aliphatic rings. The summed E-state index contributed by atoms with van der Waals surface area (Å²) in [7, 11) is 0. The second-order valence-electron chi connectivity index (χ2n) is 4.31. The highest BCUT2D eigenvalue weighted by molar-refractivity contribution is 7.71. The van der Waals surface area contributed by atoms with E-state index in [-0.39, 0.29) is 0 Å². The van der Waals surface area contributed by atoms with Gasteiger partial charge in [-0.3, -0.25) is 4.57 Å². The lowest BCUT2D eigenvalue weighted by Crippen LogP contribution is -1.95. The number of hydrogen-bond acceptors (Lipinski definition) is 1. The largest absolute Gasteiger partial charge is 0.330 e. The molecule has 0 bridgehead atoms. The number of aromatic amines is 1. The number of H-pyrrole nitrogens is 1. The molecule has 2 nitrogen and oxygen atoms in total. The average molecular weight is 309 g/mol. The van der Waals surface area contributed by atoms with Crippen molar-refractivity contribution in [2.75, 3.05) is 0 Å². The van der Waals surface area contributed by atoms with Gasteiger partial charge >= 0.3 is 0 Å². The van der Waals surface area contributed by atoms with E-state index in [9.17, 15) is 0 Å². The Balaban J connectivity index is 2.44. The van der Waals surface area contributed by atoms with Crippen molar-refractivity contribution in [3.8, 4) is 5.69 Å². The van der Waals surface area contributed by atoms with Gasteiger partial charge in [-0.1, -0.05) is 41.4 Å². The van der Waals surface area contributed by atoms with Crippen LogP contribution in [0.3, 0.4) is 0 Å². The standard InChI is InChI=1S/C14H10Cl2N2S/c1-8-4-2-7-11-13(8)17-14(19)18(11)10-6-3-5-9(15)12(10)16/h2-7H,1H3,(H,17,19). The van der Waals surface area contributed by atoms with Crippen LogP contribution in [0.2, 0.25) is 10.0 Å². The second kappa shape index (κ2) is 4.67. The fourth-order valence-corrected chi connectivity index (χ4v) is 2.86. The number of nitrogens with zero attached hydrogens (tertiary/aromatic N) is 1. The van der Waals surface area contributed by atoms with Crippen LogP contribution in [-0.2, 0) is 0 Å². The van der Waals surface area contributed by atoms with Gasteiger partial charge in [0, 0.05) is 0 Å². The molecule has 0 saturated carbocycles. The van der Waals surface area contributed by atoms with Crippen LogP contribution < -0.4 is 0 Å². The molecule has 0 aliphatic heterocycles. The van der Waals surface area contributed by atoms with E-state index in [1.165, 1.54) is 0 Å². The first kappa shape index (κ1) is 12.7. The molecule has 0 aliphatic carbocycles. The minimum absolute atomic E-state index is 0.502. The number of imidazole rings is 1. The Kier molecular flexibility index (Phi) is 3.13. The third-order valence-electron chi connectivity index (χ3n) is 3.10. The first-order valence-corrected chi connectivity index (χ1v) is 6.91. The minimum Gasteiger partial charge on any atom is -0.330 e. The van der Waals surface area contributed by atoms with Gasteiger partial charge < -0.3 is 4.98 Å². The Morgan fingerprint density at radius 2 is 1.84 bits per heavy atom. The van der Waals surface area contributed by atoms with Crippen molar-refractivity contribution in [2.45, 2.75) is 6.92 Å². The van der Waals surface area contributed by atoms with E-state index in [2.05, 4.69) is 4.98 Å². The topological polar surface area (TPSA) is 20.7 Å². The van der Waals surface area contributed by atoms with E-state index in [0.717, 1.165) is 22.3 Å². The number of rotatable bonds is 1. The lowest BCUT2D eigenvalue weighted by Gasteiger charge is -2.08. The van der Waals surface area contributed by atoms with Crippen LogP contribution in [0.5, 0.6) is 0 Å². The fourth-order valence-electron chi connectivity index (χ4n) is 2.18. The zero-order valence-corrected chi connectivity index (χ0v) is 12.4. The van der Waals surface area contributed by atoms with Crippen LogP contribution >= 0.6 is 35.4 Å². The number of halogens is 2. The summed E-state index contributed by atoms with van der Waals surface area (Å²) in [6, 6.07) is 11.6. The van der Waals surface area contributed by atoms with E-state index >= 15 is 0 Å². The average Bonchev–Trinajstić information content (AvgIpc) is 2.71. The van der Waals surface area contributed by atoms with Gasteiger partial charge in [-0.05, 0) is 42.9 Å². The maximum atomic E-state index is 6.28. The van der Waals surface area contributed by atoms with E-state index in [4.69, 9.17) is 35.4 Å². The molecule has 0 atom stereocenters. The normalized spacial score (nSPS) is 11.1. The van der Waals surface area contributed by atoms with E-state index < -0.39 is 0 Å². The van der Waals surface area contributed by atoms with Gasteiger partial charge in [0.25, 0.3) is 0 Å². The number of fused-ring (bicyclic) bond motifs is 1. The van der Waals surface area contributed by atoms with Gasteiger partial charge in [-0.15, -0.1) is 0 Å². The van der Waals surface area contributed by atoms with Crippen LogP contribution in [-0.4, -0.2) is 9.55 Å². The van der Waals surface area contributed by atoms with Crippen molar-refractivity contribution in [3.05, 3.63) is 56.8 Å². The molecule has 0 spiro atoms. The first-order valence-electron chi connectivity index (χ1n) is 5.74. The van der Waals surface area contributed by atoms with Crippen molar-refractivity contribution in [3.63, 3.8) is 0 Å². The molecule has 5 heteroatoms. The Hall–Kier alpha value is -1.29. The molecule has 1 heterocycles. The molecule has 1 N–H and O–H groups in total. The molecule has 96 valence electrons. The predicted octanol–water partition coefficient (Wildman–Crippen LogP) is 5.30. The van der Waals surface area contributed by atoms with Crippen molar-refractivity contribution in [1.82, 2.24) is 9.55 Å². The molecule has 0 saturated heterocycles. The van der Waals surface area contributed by atoms with Gasteiger partial charge in [-0.2, -0.15) is 0 Å². The molecule has 1 aromatic heterocycles. The maximum Gasteiger partial charge on any atom is 0.182 e. The number of hydrogen-bond donors (Lipinski definition) is 1. The van der Waals surface area contributed by atoms with Gasteiger partial charge in [0.1, 0.15) is 0 Å². The number of nitrogens with one attached hydrogen (secondary N) is 1. The van der Waals surface area contributed by atoms with Gasteiger partial charge in [0.15, 0.2) is 4.77 Å². The molecule has 0 radical (unpaired) electrons. The van der Waals surface area contributed by atoms with Crippen molar-refractivity contribution < 1.29 is 0 Å². The molecule has 3 rings (SSSR count). The molecular formula is C14H10Cl2N2S. The highest BCUT2D eigenvalue weighted by atomic mass is 35.5. The summed E-state index contributed by atoms with van der Waals surface area (Å²) in [5.41, 5.74) is 3.94. The lowest BCUT2D eigenvalue weighted by atomic mass is 10.2. The maximum absolute atomic E-state index is 6.28. The van der Waals surface area contributed by atoms with Crippen LogP contribution in [0, 0.1) is 11.7 Å². The highest BCUT2D eigenvalue weighted by Gasteiger charge is 2.12. The number of para-hydroxylation sites is 1. The van der Waals surface area contributed by atoms with Crippen molar-refractivity contribution in [1.29, 1.82) is 0 Å². The summed E-state index contributed by atoms with van der Waals surface area (Å²) in [6.45, 7) is 2.04. The van der Waals surface area contributed by atoms with Gasteiger partial charge in [0.2, 0.25) is 0 Å². The molecule has 0 unspecified atom stereocenters. The van der Waals surface area contributed by atoms with E-state index in [1.807, 2.05) is 41.8 Å². The molecule has 2 aromatic carbocycles. The molecule has 19 heavy (non-hydrogen) atoms. The smallest absolute Gasteiger partial charge is 0.182 e. The lowest BCUT2D eigenvalue weighted by molar-refractivity contribution is 1.07. The summed E-state index contributed by atoms with van der Waals surface area (Å²) in [5.74, 6) is 0. The Labute approximate surface area is 125 Å². The van der Waals surface area contributed by atoms with Crippen LogP contribution in [0.15, 0.2) is 36.4 Å². The van der Waals surface area contributed by atoms with Gasteiger partial charge in [0.05, 0.1) is 26.8 Å². The Morgan fingerprint density at radius 1 is 1.11 bits per heavy atom. The highest BCUT2D eigenvalue weighted by Crippen LogP contribution is 2.31. The fraction of sp³-hybridized carbons (Fsp3) is 0.0714. The quantitative estimate of drug-likeness (QED) is 0.605. The monoisotopic (exact) mass is 308 g/mol. The predicted molar refractivity (Wildman–Crippen MR) is 83.2 cm³/mol. The Morgan fingerprint density at radius 3 is 2.63 bits per heavy atom. The number of aryl methyl sites for hydroxylation is 1. The zero-order chi connectivity index (χ0) is 13.6.